The van der Waals surface area contributed by atoms with Crippen LogP contribution in [-0.4, -0.2) is 23.3 Å². The minimum Gasteiger partial charge on any atom is -0.370 e. The smallest absolute Gasteiger partial charge is 0.251 e. The van der Waals surface area contributed by atoms with Crippen molar-refractivity contribution in [3.05, 3.63) is 36.0 Å². The minimum absolute atomic E-state index is 0.101. The number of nitrogens with one attached hydrogen (secondary N) is 2. The maximum absolute atomic E-state index is 11.9. The third-order valence-electron chi connectivity index (χ3n) is 2.95. The molecule has 0 atom stereocenters. The number of aromatic amines is 1. The van der Waals surface area contributed by atoms with E-state index in [1.165, 1.54) is 0 Å². The number of carbonyl (C=O) groups is 2. The predicted octanol–water partition coefficient (Wildman–Crippen LogP) is 1.55. The highest BCUT2D eigenvalue weighted by Crippen LogP contribution is 2.13. The van der Waals surface area contributed by atoms with Crippen molar-refractivity contribution in [1.29, 1.82) is 0 Å². The highest BCUT2D eigenvalue weighted by atomic mass is 16.2. The van der Waals surface area contributed by atoms with Gasteiger partial charge in [0.2, 0.25) is 5.91 Å². The molecule has 0 aliphatic rings. The molecule has 0 bridgehead atoms. The Morgan fingerprint density at radius 3 is 2.84 bits per heavy atom. The molecule has 5 heteroatoms. The molecule has 2 aromatic rings. The Labute approximate surface area is 111 Å². The molecular weight excluding hydrogens is 242 g/mol. The summed E-state index contributed by atoms with van der Waals surface area (Å²) in [6.07, 6.45) is 3.66. The zero-order chi connectivity index (χ0) is 13.7. The van der Waals surface area contributed by atoms with Crippen molar-refractivity contribution in [2.24, 2.45) is 5.73 Å². The lowest BCUT2D eigenvalue weighted by molar-refractivity contribution is -0.118. The normalized spacial score (nSPS) is 10.5. The molecule has 0 fully saturated rings. The van der Waals surface area contributed by atoms with Crippen molar-refractivity contribution in [3.63, 3.8) is 0 Å². The predicted molar refractivity (Wildman–Crippen MR) is 73.7 cm³/mol. The molecule has 19 heavy (non-hydrogen) atoms. The number of hydrogen-bond donors (Lipinski definition) is 3. The summed E-state index contributed by atoms with van der Waals surface area (Å²) in [7, 11) is 0. The second-order valence-electron chi connectivity index (χ2n) is 4.46. The number of H-pyrrole nitrogens is 1. The van der Waals surface area contributed by atoms with Gasteiger partial charge in [-0.1, -0.05) is 6.07 Å². The number of benzene rings is 1. The first-order valence-electron chi connectivity index (χ1n) is 6.30. The summed E-state index contributed by atoms with van der Waals surface area (Å²) < 4.78 is 0. The van der Waals surface area contributed by atoms with Crippen LogP contribution in [0.25, 0.3) is 10.9 Å². The van der Waals surface area contributed by atoms with Crippen molar-refractivity contribution in [2.45, 2.75) is 19.3 Å². The van der Waals surface area contributed by atoms with Gasteiger partial charge >= 0.3 is 0 Å². The fourth-order valence-electron chi connectivity index (χ4n) is 1.92. The van der Waals surface area contributed by atoms with Gasteiger partial charge in [-0.15, -0.1) is 0 Å². The number of amides is 2. The monoisotopic (exact) mass is 259 g/mol. The van der Waals surface area contributed by atoms with E-state index >= 15 is 0 Å². The van der Waals surface area contributed by atoms with E-state index in [0.29, 0.717) is 24.9 Å². The number of nitrogens with two attached hydrogens (primary N) is 1. The van der Waals surface area contributed by atoms with E-state index in [1.807, 2.05) is 24.4 Å². The van der Waals surface area contributed by atoms with Gasteiger partial charge < -0.3 is 16.0 Å². The van der Waals surface area contributed by atoms with Gasteiger partial charge in [-0.05, 0) is 36.4 Å². The van der Waals surface area contributed by atoms with E-state index in [4.69, 9.17) is 5.73 Å². The molecule has 0 aliphatic heterocycles. The van der Waals surface area contributed by atoms with Crippen LogP contribution in [-0.2, 0) is 4.79 Å². The number of hydrogen-bond acceptors (Lipinski definition) is 2. The molecule has 1 aromatic heterocycles. The summed E-state index contributed by atoms with van der Waals surface area (Å²) in [5.41, 5.74) is 6.61. The van der Waals surface area contributed by atoms with Crippen LogP contribution in [0.5, 0.6) is 0 Å². The van der Waals surface area contributed by atoms with Crippen LogP contribution < -0.4 is 11.1 Å². The van der Waals surface area contributed by atoms with Crippen molar-refractivity contribution in [2.75, 3.05) is 6.54 Å². The van der Waals surface area contributed by atoms with Gasteiger partial charge in [-0.2, -0.15) is 0 Å². The second kappa shape index (κ2) is 6.04. The van der Waals surface area contributed by atoms with Crippen LogP contribution >= 0.6 is 0 Å². The molecule has 2 amide bonds. The average molecular weight is 259 g/mol. The Bertz CT molecular complexity index is 589. The van der Waals surface area contributed by atoms with E-state index in [0.717, 1.165) is 17.3 Å². The summed E-state index contributed by atoms with van der Waals surface area (Å²) in [5, 5.41) is 3.91. The van der Waals surface area contributed by atoms with Gasteiger partial charge in [0, 0.05) is 30.2 Å². The third-order valence-corrected chi connectivity index (χ3v) is 2.95. The Hall–Kier alpha value is -2.30. The lowest BCUT2D eigenvalue weighted by Gasteiger charge is -2.05. The fourth-order valence-corrected chi connectivity index (χ4v) is 1.92. The summed E-state index contributed by atoms with van der Waals surface area (Å²) in [5.74, 6) is -0.404. The van der Waals surface area contributed by atoms with Crippen LogP contribution in [0.4, 0.5) is 0 Å². The van der Waals surface area contributed by atoms with Gasteiger partial charge in [0.25, 0.3) is 5.91 Å². The quantitative estimate of drug-likeness (QED) is 0.687. The van der Waals surface area contributed by atoms with Crippen LogP contribution in [0.15, 0.2) is 30.5 Å². The molecule has 100 valence electrons. The lowest BCUT2D eigenvalue weighted by Crippen LogP contribution is -2.24. The largest absolute Gasteiger partial charge is 0.370 e. The van der Waals surface area contributed by atoms with Crippen molar-refractivity contribution < 1.29 is 9.59 Å². The van der Waals surface area contributed by atoms with E-state index in [9.17, 15) is 9.59 Å². The van der Waals surface area contributed by atoms with E-state index in [-0.39, 0.29) is 11.8 Å². The van der Waals surface area contributed by atoms with Crippen LogP contribution in [0.2, 0.25) is 0 Å². The third kappa shape index (κ3) is 3.58. The average Bonchev–Trinajstić information content (AvgIpc) is 2.84. The highest BCUT2D eigenvalue weighted by molar-refractivity contribution is 5.97. The Morgan fingerprint density at radius 2 is 2.05 bits per heavy atom. The summed E-state index contributed by atoms with van der Waals surface area (Å²) in [6.45, 7) is 0.550. The van der Waals surface area contributed by atoms with Gasteiger partial charge in [-0.25, -0.2) is 0 Å². The number of aromatic nitrogens is 1. The summed E-state index contributed by atoms with van der Waals surface area (Å²) in [6, 6.07) is 7.50. The fraction of sp³-hybridized carbons (Fsp3) is 0.286. The van der Waals surface area contributed by atoms with Gasteiger partial charge in [-0.3, -0.25) is 9.59 Å². The number of rotatable bonds is 6. The molecule has 0 spiro atoms. The molecule has 0 saturated carbocycles. The Morgan fingerprint density at radius 1 is 1.21 bits per heavy atom. The molecule has 0 aliphatic carbocycles. The Balaban J connectivity index is 1.84. The second-order valence-corrected chi connectivity index (χ2v) is 4.46. The number of carbonyl (C=O) groups excluding carboxylic acids is 2. The molecule has 1 aromatic carbocycles. The zero-order valence-corrected chi connectivity index (χ0v) is 10.6. The van der Waals surface area contributed by atoms with Crippen LogP contribution in [0.1, 0.15) is 29.6 Å². The van der Waals surface area contributed by atoms with Gasteiger partial charge in [0.05, 0.1) is 0 Å². The number of primary amides is 1. The molecule has 5 nitrogen and oxygen atoms in total. The van der Waals surface area contributed by atoms with Crippen molar-refractivity contribution in [1.82, 2.24) is 10.3 Å². The lowest BCUT2D eigenvalue weighted by atomic mass is 10.1. The highest BCUT2D eigenvalue weighted by Gasteiger charge is 2.06. The maximum Gasteiger partial charge on any atom is 0.251 e. The van der Waals surface area contributed by atoms with Gasteiger partial charge in [0.15, 0.2) is 0 Å². The van der Waals surface area contributed by atoms with Crippen LogP contribution in [0.3, 0.4) is 0 Å². The molecular formula is C14H17N3O2. The molecule has 0 radical (unpaired) electrons. The van der Waals surface area contributed by atoms with E-state index in [2.05, 4.69) is 10.3 Å². The van der Waals surface area contributed by atoms with E-state index in [1.54, 1.807) is 6.07 Å². The Kier molecular flexibility index (Phi) is 4.18. The number of unbranched alkanes of at least 4 members (excludes halogenated alkanes) is 1. The summed E-state index contributed by atoms with van der Waals surface area (Å²) in [4.78, 5) is 25.5. The van der Waals surface area contributed by atoms with Crippen molar-refractivity contribution in [3.8, 4) is 0 Å². The maximum atomic E-state index is 11.9. The van der Waals surface area contributed by atoms with E-state index < -0.39 is 0 Å². The number of fused-ring (bicyclic) bond motifs is 1. The molecule has 1 heterocycles. The first-order valence-corrected chi connectivity index (χ1v) is 6.30. The minimum atomic E-state index is -0.302. The van der Waals surface area contributed by atoms with Crippen LogP contribution in [0, 0.1) is 0 Å². The topological polar surface area (TPSA) is 88.0 Å². The standard InChI is InChI=1S/C14H17N3O2/c15-13(18)3-1-2-7-17-14(19)11-5-4-10-6-8-16-12(10)9-11/h4-6,8-9,16H,1-3,7H2,(H2,15,18)(H,17,19). The summed E-state index contributed by atoms with van der Waals surface area (Å²) >= 11 is 0. The first kappa shape index (κ1) is 13.1. The molecule has 2 rings (SSSR count). The molecule has 0 saturated heterocycles. The van der Waals surface area contributed by atoms with Crippen molar-refractivity contribution >= 4 is 22.7 Å². The first-order chi connectivity index (χ1) is 9.16. The molecule has 0 unspecified atom stereocenters. The zero-order valence-electron chi connectivity index (χ0n) is 10.6. The van der Waals surface area contributed by atoms with Gasteiger partial charge in [0.1, 0.15) is 0 Å². The molecule has 4 N–H and O–H groups in total. The SMILES string of the molecule is NC(=O)CCCCNC(=O)c1ccc2cc[nH]c2c1.